The minimum absolute atomic E-state index is 0.131. The number of hydrogen-bond donors (Lipinski definition) is 1. The van der Waals surface area contributed by atoms with E-state index in [1.807, 2.05) is 31.2 Å². The summed E-state index contributed by atoms with van der Waals surface area (Å²) in [6, 6.07) is 7.61. The summed E-state index contributed by atoms with van der Waals surface area (Å²) in [5.41, 5.74) is 0.970. The molecule has 2 aromatic heterocycles. The van der Waals surface area contributed by atoms with Crippen molar-refractivity contribution in [3.8, 4) is 5.88 Å². The zero-order valence-corrected chi connectivity index (χ0v) is 14.7. The number of halogens is 1. The number of aryl methyl sites for hydroxylation is 1. The van der Waals surface area contributed by atoms with E-state index in [1.54, 1.807) is 0 Å². The van der Waals surface area contributed by atoms with Crippen LogP contribution in [0.15, 0.2) is 24.3 Å². The Morgan fingerprint density at radius 3 is 2.75 bits per heavy atom. The van der Waals surface area contributed by atoms with Gasteiger partial charge >= 0.3 is 0 Å². The summed E-state index contributed by atoms with van der Waals surface area (Å²) in [5.74, 6) is 0.774. The standard InChI is InChI=1S/C16H17ClN4O2S/c1-10-18-16-21(19-10)15(22)14(24-16)13(20-6-8-23-9-7-20)11-4-2-3-5-12(11)17/h2-5,13,22H,6-9H2,1H3/t13-/m1/s1. The first-order valence-electron chi connectivity index (χ1n) is 7.76. The SMILES string of the molecule is Cc1nc2sc([C@@H](c3ccccc3Cl)N3CCOCC3)c(O)n2n1. The minimum atomic E-state index is -0.142. The third kappa shape index (κ3) is 2.67. The largest absolute Gasteiger partial charge is 0.492 e. The molecule has 1 saturated heterocycles. The molecular weight excluding hydrogens is 348 g/mol. The summed E-state index contributed by atoms with van der Waals surface area (Å²) in [4.78, 5) is 8.14. The summed E-state index contributed by atoms with van der Waals surface area (Å²) in [6.45, 7) is 4.71. The summed E-state index contributed by atoms with van der Waals surface area (Å²) in [7, 11) is 0. The second-order valence-corrected chi connectivity index (χ2v) is 7.13. The Bertz CT molecular complexity index is 872. The molecule has 1 fully saturated rings. The predicted molar refractivity (Wildman–Crippen MR) is 93.0 cm³/mol. The second kappa shape index (κ2) is 6.33. The van der Waals surface area contributed by atoms with E-state index >= 15 is 0 Å². The van der Waals surface area contributed by atoms with Gasteiger partial charge < -0.3 is 9.84 Å². The Kier molecular flexibility index (Phi) is 4.17. The van der Waals surface area contributed by atoms with Crippen LogP contribution in [0.5, 0.6) is 5.88 Å². The third-order valence-electron chi connectivity index (χ3n) is 4.16. The third-order valence-corrected chi connectivity index (χ3v) is 5.58. The molecule has 0 unspecified atom stereocenters. The number of thiazole rings is 1. The smallest absolute Gasteiger partial charge is 0.230 e. The number of rotatable bonds is 3. The van der Waals surface area contributed by atoms with Crippen LogP contribution in [-0.2, 0) is 4.74 Å². The Labute approximate surface area is 148 Å². The molecule has 0 spiro atoms. The van der Waals surface area contributed by atoms with Crippen molar-refractivity contribution in [3.63, 3.8) is 0 Å². The minimum Gasteiger partial charge on any atom is -0.492 e. The van der Waals surface area contributed by atoms with E-state index in [9.17, 15) is 5.11 Å². The molecule has 0 saturated carbocycles. The molecule has 1 aliphatic rings. The lowest BCUT2D eigenvalue weighted by molar-refractivity contribution is 0.0241. The van der Waals surface area contributed by atoms with Gasteiger partial charge in [0, 0.05) is 18.1 Å². The van der Waals surface area contributed by atoms with Crippen molar-refractivity contribution >= 4 is 27.9 Å². The number of ether oxygens (including phenoxy) is 1. The molecular formula is C16H17ClN4O2S. The molecule has 6 nitrogen and oxygen atoms in total. The number of nitrogens with zero attached hydrogens (tertiary/aromatic N) is 4. The molecule has 1 aliphatic heterocycles. The lowest BCUT2D eigenvalue weighted by atomic mass is 10.0. The number of aromatic hydroxyl groups is 1. The zero-order chi connectivity index (χ0) is 16.7. The van der Waals surface area contributed by atoms with Crippen molar-refractivity contribution in [1.82, 2.24) is 19.5 Å². The first kappa shape index (κ1) is 15.8. The quantitative estimate of drug-likeness (QED) is 0.774. The van der Waals surface area contributed by atoms with Gasteiger partial charge in [-0.15, -0.1) is 5.10 Å². The van der Waals surface area contributed by atoms with Crippen molar-refractivity contribution in [3.05, 3.63) is 45.6 Å². The Morgan fingerprint density at radius 2 is 2.04 bits per heavy atom. The molecule has 1 aromatic carbocycles. The first-order valence-corrected chi connectivity index (χ1v) is 8.96. The highest BCUT2D eigenvalue weighted by atomic mass is 35.5. The Balaban J connectivity index is 1.86. The molecule has 24 heavy (non-hydrogen) atoms. The van der Waals surface area contributed by atoms with Crippen LogP contribution in [0.1, 0.15) is 22.3 Å². The van der Waals surface area contributed by atoms with Crippen molar-refractivity contribution in [2.75, 3.05) is 26.3 Å². The van der Waals surface area contributed by atoms with Crippen molar-refractivity contribution < 1.29 is 9.84 Å². The van der Waals surface area contributed by atoms with Gasteiger partial charge in [0.05, 0.1) is 24.1 Å². The van der Waals surface area contributed by atoms with E-state index in [-0.39, 0.29) is 11.9 Å². The van der Waals surface area contributed by atoms with E-state index < -0.39 is 0 Å². The highest BCUT2D eigenvalue weighted by Crippen LogP contribution is 2.42. The summed E-state index contributed by atoms with van der Waals surface area (Å²) in [5, 5.41) is 15.7. The van der Waals surface area contributed by atoms with Crippen LogP contribution in [0.3, 0.4) is 0 Å². The summed E-state index contributed by atoms with van der Waals surface area (Å²) < 4.78 is 6.98. The van der Waals surface area contributed by atoms with Gasteiger partial charge in [0.2, 0.25) is 10.8 Å². The molecule has 1 N–H and O–H groups in total. The zero-order valence-electron chi connectivity index (χ0n) is 13.1. The lowest BCUT2D eigenvalue weighted by Crippen LogP contribution is -2.39. The summed E-state index contributed by atoms with van der Waals surface area (Å²) >= 11 is 7.91. The average Bonchev–Trinajstić information content (AvgIpc) is 3.09. The van der Waals surface area contributed by atoms with Crippen LogP contribution in [0.4, 0.5) is 0 Å². The van der Waals surface area contributed by atoms with E-state index in [4.69, 9.17) is 16.3 Å². The van der Waals surface area contributed by atoms with Gasteiger partial charge in [0.25, 0.3) is 0 Å². The molecule has 3 aromatic rings. The fourth-order valence-electron chi connectivity index (χ4n) is 3.06. The summed E-state index contributed by atoms with van der Waals surface area (Å²) in [6.07, 6.45) is 0. The fourth-order valence-corrected chi connectivity index (χ4v) is 4.46. The highest BCUT2D eigenvalue weighted by Gasteiger charge is 2.31. The number of aromatic nitrogens is 3. The average molecular weight is 365 g/mol. The lowest BCUT2D eigenvalue weighted by Gasteiger charge is -2.34. The van der Waals surface area contributed by atoms with E-state index in [2.05, 4.69) is 15.0 Å². The van der Waals surface area contributed by atoms with Gasteiger partial charge in [-0.25, -0.2) is 4.98 Å². The molecule has 126 valence electrons. The maximum Gasteiger partial charge on any atom is 0.230 e. The van der Waals surface area contributed by atoms with Crippen LogP contribution in [0.2, 0.25) is 5.02 Å². The number of fused-ring (bicyclic) bond motifs is 1. The van der Waals surface area contributed by atoms with Gasteiger partial charge in [0.1, 0.15) is 5.82 Å². The molecule has 3 heterocycles. The topological polar surface area (TPSA) is 62.9 Å². The second-order valence-electron chi connectivity index (χ2n) is 5.72. The first-order chi connectivity index (χ1) is 11.6. The molecule has 0 bridgehead atoms. The maximum absolute atomic E-state index is 10.7. The van der Waals surface area contributed by atoms with Crippen LogP contribution >= 0.6 is 22.9 Å². The molecule has 0 aliphatic carbocycles. The van der Waals surface area contributed by atoms with Gasteiger partial charge in [-0.2, -0.15) is 4.52 Å². The molecule has 1 atom stereocenters. The van der Waals surface area contributed by atoms with Crippen molar-refractivity contribution in [1.29, 1.82) is 0 Å². The number of benzene rings is 1. The number of morpholine rings is 1. The predicted octanol–water partition coefficient (Wildman–Crippen LogP) is 2.88. The molecule has 0 amide bonds. The van der Waals surface area contributed by atoms with Crippen LogP contribution < -0.4 is 0 Å². The Hall–Kier alpha value is -1.67. The van der Waals surface area contributed by atoms with Gasteiger partial charge in [-0.1, -0.05) is 41.1 Å². The monoisotopic (exact) mass is 364 g/mol. The maximum atomic E-state index is 10.7. The fraction of sp³-hybridized carbons (Fsp3) is 0.375. The molecule has 0 radical (unpaired) electrons. The van der Waals surface area contributed by atoms with Crippen LogP contribution in [0, 0.1) is 6.92 Å². The van der Waals surface area contributed by atoms with Gasteiger partial charge in [-0.05, 0) is 18.6 Å². The normalized spacial score (nSPS) is 17.4. The van der Waals surface area contributed by atoms with E-state index in [1.165, 1.54) is 15.9 Å². The van der Waals surface area contributed by atoms with Crippen LogP contribution in [-0.4, -0.2) is 50.9 Å². The number of hydrogen-bond acceptors (Lipinski definition) is 6. The highest BCUT2D eigenvalue weighted by molar-refractivity contribution is 7.17. The van der Waals surface area contributed by atoms with Crippen molar-refractivity contribution in [2.45, 2.75) is 13.0 Å². The molecule has 8 heteroatoms. The molecule has 4 rings (SSSR count). The Morgan fingerprint density at radius 1 is 1.29 bits per heavy atom. The van der Waals surface area contributed by atoms with Gasteiger partial charge in [0.15, 0.2) is 0 Å². The van der Waals surface area contributed by atoms with E-state index in [0.717, 1.165) is 23.5 Å². The van der Waals surface area contributed by atoms with Crippen molar-refractivity contribution in [2.24, 2.45) is 0 Å². The van der Waals surface area contributed by atoms with E-state index in [0.29, 0.717) is 29.0 Å². The van der Waals surface area contributed by atoms with Gasteiger partial charge in [-0.3, -0.25) is 4.90 Å². The van der Waals surface area contributed by atoms with Crippen LogP contribution in [0.25, 0.3) is 4.96 Å².